The first-order chi connectivity index (χ1) is 6.82. The van der Waals surface area contributed by atoms with E-state index in [9.17, 15) is 4.79 Å². The van der Waals surface area contributed by atoms with Crippen LogP contribution >= 0.6 is 12.4 Å². The molecule has 4 heteroatoms. The molecule has 1 aliphatic carbocycles. The van der Waals surface area contributed by atoms with Gasteiger partial charge in [0.15, 0.2) is 0 Å². The summed E-state index contributed by atoms with van der Waals surface area (Å²) in [5.41, 5.74) is 5.79. The van der Waals surface area contributed by atoms with Crippen molar-refractivity contribution in [3.63, 3.8) is 0 Å². The van der Waals surface area contributed by atoms with Gasteiger partial charge in [-0.05, 0) is 24.2 Å². The van der Waals surface area contributed by atoms with E-state index in [4.69, 9.17) is 5.73 Å². The predicted octanol–water partition coefficient (Wildman–Crippen LogP) is 2.04. The van der Waals surface area contributed by atoms with Crippen LogP contribution in [0.1, 0.15) is 40.0 Å². The van der Waals surface area contributed by atoms with E-state index in [0.29, 0.717) is 5.92 Å². The van der Waals surface area contributed by atoms with Crippen LogP contribution in [-0.2, 0) is 4.79 Å². The van der Waals surface area contributed by atoms with Crippen molar-refractivity contribution >= 4 is 18.3 Å². The molecule has 0 unspecified atom stereocenters. The Kier molecular flexibility index (Phi) is 5.77. The minimum Gasteiger partial charge on any atom is -0.344 e. The van der Waals surface area contributed by atoms with Crippen LogP contribution in [0.4, 0.5) is 0 Å². The molecule has 3 nitrogen and oxygen atoms in total. The van der Waals surface area contributed by atoms with Crippen molar-refractivity contribution < 1.29 is 4.79 Å². The van der Waals surface area contributed by atoms with Gasteiger partial charge in [-0.2, -0.15) is 0 Å². The highest BCUT2D eigenvalue weighted by atomic mass is 35.5. The molecule has 1 aliphatic rings. The number of nitrogens with two attached hydrogens (primary N) is 1. The molecule has 0 saturated heterocycles. The van der Waals surface area contributed by atoms with Gasteiger partial charge in [0.05, 0.1) is 6.04 Å². The molecule has 0 aromatic rings. The largest absolute Gasteiger partial charge is 0.344 e. The van der Waals surface area contributed by atoms with E-state index in [1.54, 1.807) is 4.90 Å². The van der Waals surface area contributed by atoms with Gasteiger partial charge < -0.3 is 10.6 Å². The molecule has 0 aliphatic heterocycles. The molecule has 16 heavy (non-hydrogen) atoms. The van der Waals surface area contributed by atoms with Crippen LogP contribution < -0.4 is 5.73 Å². The molecule has 96 valence electrons. The number of nitrogens with zero attached hydrogens (tertiary/aromatic N) is 1. The van der Waals surface area contributed by atoms with Gasteiger partial charge in [-0.3, -0.25) is 4.79 Å². The van der Waals surface area contributed by atoms with Gasteiger partial charge in [0, 0.05) is 13.6 Å². The van der Waals surface area contributed by atoms with Crippen LogP contribution in [0.5, 0.6) is 0 Å². The van der Waals surface area contributed by atoms with E-state index < -0.39 is 0 Å². The number of rotatable bonds is 3. The minimum atomic E-state index is -0.387. The monoisotopic (exact) mass is 248 g/mol. The van der Waals surface area contributed by atoms with Crippen molar-refractivity contribution in [1.82, 2.24) is 4.90 Å². The van der Waals surface area contributed by atoms with Crippen LogP contribution in [0.2, 0.25) is 0 Å². The fourth-order valence-corrected chi connectivity index (χ4v) is 1.76. The van der Waals surface area contributed by atoms with Crippen LogP contribution in [0.25, 0.3) is 0 Å². The molecular formula is C12H25ClN2O. The third-order valence-corrected chi connectivity index (χ3v) is 3.33. The lowest BCUT2D eigenvalue weighted by Crippen LogP contribution is -2.50. The molecule has 1 rings (SSSR count). The third kappa shape index (κ3) is 3.95. The molecule has 0 aromatic heterocycles. The zero-order chi connectivity index (χ0) is 11.6. The molecule has 1 fully saturated rings. The zero-order valence-corrected chi connectivity index (χ0v) is 11.6. The number of carbonyl (C=O) groups excluding carboxylic acids is 1. The van der Waals surface area contributed by atoms with E-state index in [1.807, 2.05) is 27.8 Å². The SMILES string of the molecule is CN(CC1CCC1)C(=O)[C@@H](N)C(C)(C)C.Cl. The zero-order valence-electron chi connectivity index (χ0n) is 10.8. The summed E-state index contributed by atoms with van der Waals surface area (Å²) in [6.07, 6.45) is 3.85. The number of amides is 1. The minimum absolute atomic E-state index is 0. The summed E-state index contributed by atoms with van der Waals surface area (Å²) in [5, 5.41) is 0. The second kappa shape index (κ2) is 5.87. The molecule has 0 spiro atoms. The first kappa shape index (κ1) is 15.7. The van der Waals surface area contributed by atoms with Gasteiger partial charge >= 0.3 is 0 Å². The summed E-state index contributed by atoms with van der Waals surface area (Å²) < 4.78 is 0. The van der Waals surface area contributed by atoms with E-state index in [0.717, 1.165) is 6.54 Å². The van der Waals surface area contributed by atoms with Crippen molar-refractivity contribution in [3.8, 4) is 0 Å². The highest BCUT2D eigenvalue weighted by Crippen LogP contribution is 2.27. The predicted molar refractivity (Wildman–Crippen MR) is 69.7 cm³/mol. The maximum absolute atomic E-state index is 12.0. The third-order valence-electron chi connectivity index (χ3n) is 3.33. The Hall–Kier alpha value is -0.280. The fourth-order valence-electron chi connectivity index (χ4n) is 1.76. The molecule has 1 saturated carbocycles. The molecule has 0 radical (unpaired) electrons. The summed E-state index contributed by atoms with van der Waals surface area (Å²) in [6, 6.07) is -0.387. The average molecular weight is 249 g/mol. The summed E-state index contributed by atoms with van der Waals surface area (Å²) in [6.45, 7) is 6.90. The van der Waals surface area contributed by atoms with Crippen molar-refractivity contribution in [2.24, 2.45) is 17.1 Å². The van der Waals surface area contributed by atoms with Crippen molar-refractivity contribution in [3.05, 3.63) is 0 Å². The van der Waals surface area contributed by atoms with Gasteiger partial charge in [0.25, 0.3) is 0 Å². The maximum Gasteiger partial charge on any atom is 0.239 e. The lowest BCUT2D eigenvalue weighted by atomic mass is 9.84. The van der Waals surface area contributed by atoms with Gasteiger partial charge in [0.1, 0.15) is 0 Å². The lowest BCUT2D eigenvalue weighted by Gasteiger charge is -2.34. The summed E-state index contributed by atoms with van der Waals surface area (Å²) in [4.78, 5) is 13.8. The Bertz CT molecular complexity index is 234. The van der Waals surface area contributed by atoms with Crippen LogP contribution in [-0.4, -0.2) is 30.4 Å². The Morgan fingerprint density at radius 1 is 1.44 bits per heavy atom. The standard InChI is InChI=1S/C12H24N2O.ClH/c1-12(2,3)10(13)11(15)14(4)8-9-6-5-7-9;/h9-10H,5-8,13H2,1-4H3;1H/t10-;/m1./s1. The summed E-state index contributed by atoms with van der Waals surface area (Å²) >= 11 is 0. The number of hydrogen-bond donors (Lipinski definition) is 1. The number of likely N-dealkylation sites (N-methyl/N-ethyl adjacent to an activating group) is 1. The quantitative estimate of drug-likeness (QED) is 0.831. The Morgan fingerprint density at radius 2 is 1.94 bits per heavy atom. The smallest absolute Gasteiger partial charge is 0.239 e. The van der Waals surface area contributed by atoms with Crippen molar-refractivity contribution in [1.29, 1.82) is 0 Å². The van der Waals surface area contributed by atoms with E-state index in [2.05, 4.69) is 0 Å². The Labute approximate surface area is 105 Å². The van der Waals surface area contributed by atoms with Crippen LogP contribution in [0.15, 0.2) is 0 Å². The van der Waals surface area contributed by atoms with E-state index in [-0.39, 0.29) is 29.8 Å². The molecule has 1 atom stereocenters. The first-order valence-electron chi connectivity index (χ1n) is 5.83. The number of hydrogen-bond acceptors (Lipinski definition) is 2. The van der Waals surface area contributed by atoms with Gasteiger partial charge in [-0.1, -0.05) is 27.2 Å². The normalized spacial score (nSPS) is 18.3. The molecule has 0 aromatic carbocycles. The number of halogens is 1. The fraction of sp³-hybridized carbons (Fsp3) is 0.917. The summed E-state index contributed by atoms with van der Waals surface area (Å²) in [7, 11) is 1.87. The Balaban J connectivity index is 0.00000225. The second-order valence-corrected chi connectivity index (χ2v) is 5.86. The van der Waals surface area contributed by atoms with E-state index in [1.165, 1.54) is 19.3 Å². The molecule has 2 N–H and O–H groups in total. The summed E-state index contributed by atoms with van der Waals surface area (Å²) in [5.74, 6) is 0.792. The van der Waals surface area contributed by atoms with Gasteiger partial charge in [-0.15, -0.1) is 12.4 Å². The second-order valence-electron chi connectivity index (χ2n) is 5.86. The maximum atomic E-state index is 12.0. The van der Waals surface area contributed by atoms with Crippen molar-refractivity contribution in [2.45, 2.75) is 46.1 Å². The molecular weight excluding hydrogens is 224 g/mol. The average Bonchev–Trinajstić information content (AvgIpc) is 2.06. The van der Waals surface area contributed by atoms with Crippen LogP contribution in [0.3, 0.4) is 0 Å². The van der Waals surface area contributed by atoms with Gasteiger partial charge in [0.2, 0.25) is 5.91 Å². The van der Waals surface area contributed by atoms with Crippen LogP contribution in [0, 0.1) is 11.3 Å². The molecule has 1 amide bonds. The topological polar surface area (TPSA) is 46.3 Å². The Morgan fingerprint density at radius 3 is 2.25 bits per heavy atom. The molecule has 0 heterocycles. The first-order valence-corrected chi connectivity index (χ1v) is 5.83. The lowest BCUT2D eigenvalue weighted by molar-refractivity contribution is -0.134. The molecule has 0 bridgehead atoms. The van der Waals surface area contributed by atoms with Crippen molar-refractivity contribution in [2.75, 3.05) is 13.6 Å². The highest BCUT2D eigenvalue weighted by molar-refractivity contribution is 5.85. The van der Waals surface area contributed by atoms with Gasteiger partial charge in [-0.25, -0.2) is 0 Å². The highest BCUT2D eigenvalue weighted by Gasteiger charge is 2.31. The number of carbonyl (C=O) groups is 1. The van der Waals surface area contributed by atoms with E-state index >= 15 is 0 Å².